The quantitative estimate of drug-likeness (QED) is 0.262. The maximum atomic E-state index is 11.7. The molecule has 0 aliphatic rings. The minimum absolute atomic E-state index is 0.178. The van der Waals surface area contributed by atoms with E-state index < -0.39 is 29.6 Å². The molecule has 0 amide bonds. The van der Waals surface area contributed by atoms with Gasteiger partial charge in [-0.05, 0) is 20.3 Å². The van der Waals surface area contributed by atoms with Gasteiger partial charge in [0.15, 0.2) is 11.6 Å². The molecule has 0 aliphatic carbocycles. The van der Waals surface area contributed by atoms with Crippen LogP contribution in [0.15, 0.2) is 0 Å². The van der Waals surface area contributed by atoms with E-state index in [9.17, 15) is 19.2 Å². The molecule has 0 rings (SSSR count). The Kier molecular flexibility index (Phi) is 7.87. The zero-order chi connectivity index (χ0) is 14.9. The minimum atomic E-state index is -1.83. The smallest absolute Gasteiger partial charge is 0.307 e. The summed E-state index contributed by atoms with van der Waals surface area (Å²) in [5, 5.41) is 0. The van der Waals surface area contributed by atoms with Gasteiger partial charge >= 0.3 is 5.97 Å². The molecule has 1 atom stereocenters. The van der Waals surface area contributed by atoms with Gasteiger partial charge < -0.3 is 9.53 Å². The van der Waals surface area contributed by atoms with Gasteiger partial charge in [0, 0.05) is 6.42 Å². The Balaban J connectivity index is 4.49. The van der Waals surface area contributed by atoms with E-state index in [0.29, 0.717) is 12.7 Å². The van der Waals surface area contributed by atoms with Crippen LogP contribution in [0.5, 0.6) is 0 Å². The van der Waals surface area contributed by atoms with Crippen LogP contribution in [0.3, 0.4) is 0 Å². The molecule has 1 unspecified atom stereocenters. The second kappa shape index (κ2) is 8.56. The first kappa shape index (κ1) is 17.5. The number of carbonyl (C=O) groups is 4. The molecule has 0 heterocycles. The molecule has 19 heavy (non-hydrogen) atoms. The average molecular weight is 270 g/mol. The molecule has 0 radical (unpaired) electrons. The number of ketones is 2. The van der Waals surface area contributed by atoms with Gasteiger partial charge in [0.1, 0.15) is 6.29 Å². The van der Waals surface area contributed by atoms with Crippen molar-refractivity contribution in [2.24, 2.45) is 0 Å². The standard InChI is InChI=1S/C14H22O5/c1-4-5-6-7-8-13(18)19-14(3,11(2)16)12(17)9-10-15/h10H,4-9H2,1-3H3. The average Bonchev–Trinajstić information content (AvgIpc) is 2.34. The first-order chi connectivity index (χ1) is 8.88. The van der Waals surface area contributed by atoms with Gasteiger partial charge in [-0.25, -0.2) is 0 Å². The number of Topliss-reactive ketones (excluding diaryl/α,β-unsaturated/α-hetero) is 2. The molecule has 0 fully saturated rings. The van der Waals surface area contributed by atoms with Crippen molar-refractivity contribution in [1.29, 1.82) is 0 Å². The number of aldehydes is 1. The van der Waals surface area contributed by atoms with Crippen LogP contribution >= 0.6 is 0 Å². The van der Waals surface area contributed by atoms with Crippen LogP contribution in [0.2, 0.25) is 0 Å². The van der Waals surface area contributed by atoms with Gasteiger partial charge in [0.25, 0.3) is 0 Å². The Morgan fingerprint density at radius 2 is 1.79 bits per heavy atom. The fraction of sp³-hybridized carbons (Fsp3) is 0.714. The molecule has 5 heteroatoms. The van der Waals surface area contributed by atoms with Crippen molar-refractivity contribution >= 4 is 23.8 Å². The van der Waals surface area contributed by atoms with Gasteiger partial charge in [0.05, 0.1) is 6.42 Å². The van der Waals surface area contributed by atoms with E-state index in [1.54, 1.807) is 0 Å². The highest BCUT2D eigenvalue weighted by Gasteiger charge is 2.41. The van der Waals surface area contributed by atoms with Crippen LogP contribution in [-0.4, -0.2) is 29.4 Å². The summed E-state index contributed by atoms with van der Waals surface area (Å²) in [6.07, 6.45) is 3.81. The SMILES string of the molecule is CCCCCCC(=O)OC(C)(C(C)=O)C(=O)CC=O. The zero-order valence-corrected chi connectivity index (χ0v) is 11.9. The van der Waals surface area contributed by atoms with Crippen molar-refractivity contribution in [2.75, 3.05) is 0 Å². The van der Waals surface area contributed by atoms with Crippen LogP contribution in [0.4, 0.5) is 0 Å². The molecule has 0 aromatic rings. The summed E-state index contributed by atoms with van der Waals surface area (Å²) in [4.78, 5) is 45.1. The van der Waals surface area contributed by atoms with Crippen LogP contribution in [-0.2, 0) is 23.9 Å². The van der Waals surface area contributed by atoms with Crippen molar-refractivity contribution in [2.45, 2.75) is 64.9 Å². The summed E-state index contributed by atoms with van der Waals surface area (Å²) in [7, 11) is 0. The molecule has 0 N–H and O–H groups in total. The maximum Gasteiger partial charge on any atom is 0.307 e. The number of ether oxygens (including phenoxy) is 1. The van der Waals surface area contributed by atoms with Crippen LogP contribution in [0.25, 0.3) is 0 Å². The fourth-order valence-electron chi connectivity index (χ4n) is 1.57. The number of carbonyl (C=O) groups excluding carboxylic acids is 4. The zero-order valence-electron chi connectivity index (χ0n) is 11.9. The van der Waals surface area contributed by atoms with Crippen molar-refractivity contribution in [3.63, 3.8) is 0 Å². The van der Waals surface area contributed by atoms with Crippen molar-refractivity contribution in [3.05, 3.63) is 0 Å². The highest BCUT2D eigenvalue weighted by molar-refractivity contribution is 6.13. The molecule has 0 saturated heterocycles. The lowest BCUT2D eigenvalue weighted by atomic mass is 9.94. The summed E-state index contributed by atoms with van der Waals surface area (Å²) < 4.78 is 5.00. The monoisotopic (exact) mass is 270 g/mol. The lowest BCUT2D eigenvalue weighted by Crippen LogP contribution is -2.46. The predicted molar refractivity (Wildman–Crippen MR) is 69.6 cm³/mol. The molecular formula is C14H22O5. The maximum absolute atomic E-state index is 11.7. The molecule has 5 nitrogen and oxygen atoms in total. The van der Waals surface area contributed by atoms with Crippen LogP contribution in [0.1, 0.15) is 59.3 Å². The first-order valence-electron chi connectivity index (χ1n) is 6.58. The van der Waals surface area contributed by atoms with Crippen LogP contribution in [0, 0.1) is 0 Å². The second-order valence-corrected chi connectivity index (χ2v) is 4.67. The molecule has 0 bridgehead atoms. The number of hydrogen-bond acceptors (Lipinski definition) is 5. The minimum Gasteiger partial charge on any atom is -0.443 e. The lowest BCUT2D eigenvalue weighted by Gasteiger charge is -2.24. The second-order valence-electron chi connectivity index (χ2n) is 4.67. The highest BCUT2D eigenvalue weighted by atomic mass is 16.6. The van der Waals surface area contributed by atoms with Crippen LogP contribution < -0.4 is 0 Å². The molecule has 0 saturated carbocycles. The van der Waals surface area contributed by atoms with Gasteiger partial charge in [-0.3, -0.25) is 14.4 Å². The molecule has 0 aliphatic heterocycles. The van der Waals surface area contributed by atoms with Crippen molar-refractivity contribution in [3.8, 4) is 0 Å². The van der Waals surface area contributed by atoms with E-state index in [4.69, 9.17) is 4.74 Å². The largest absolute Gasteiger partial charge is 0.443 e. The van der Waals surface area contributed by atoms with Gasteiger partial charge in [0.2, 0.25) is 5.60 Å². The summed E-state index contributed by atoms with van der Waals surface area (Å²) >= 11 is 0. The molecule has 0 spiro atoms. The number of rotatable bonds is 10. The predicted octanol–water partition coefficient (Wildman–Crippen LogP) is 2.01. The van der Waals surface area contributed by atoms with Gasteiger partial charge in [-0.1, -0.05) is 26.2 Å². The fourth-order valence-corrected chi connectivity index (χ4v) is 1.57. The molecule has 0 aromatic carbocycles. The summed E-state index contributed by atoms with van der Waals surface area (Å²) in [5.41, 5.74) is -1.83. The number of unbranched alkanes of at least 4 members (excludes halogenated alkanes) is 3. The number of esters is 1. The van der Waals surface area contributed by atoms with E-state index in [2.05, 4.69) is 6.92 Å². The third kappa shape index (κ3) is 5.77. The number of hydrogen-bond donors (Lipinski definition) is 0. The third-order valence-corrected chi connectivity index (χ3v) is 3.03. The first-order valence-corrected chi connectivity index (χ1v) is 6.58. The topological polar surface area (TPSA) is 77.5 Å². The molecule has 0 aromatic heterocycles. The highest BCUT2D eigenvalue weighted by Crippen LogP contribution is 2.17. The van der Waals surface area contributed by atoms with Crippen molar-refractivity contribution < 1.29 is 23.9 Å². The van der Waals surface area contributed by atoms with E-state index in [-0.39, 0.29) is 6.42 Å². The Morgan fingerprint density at radius 3 is 2.26 bits per heavy atom. The Bertz CT molecular complexity index is 348. The van der Waals surface area contributed by atoms with E-state index in [1.807, 2.05) is 0 Å². The van der Waals surface area contributed by atoms with Gasteiger partial charge in [-0.2, -0.15) is 0 Å². The third-order valence-electron chi connectivity index (χ3n) is 3.03. The molecule has 108 valence electrons. The summed E-state index contributed by atoms with van der Waals surface area (Å²) in [5.74, 6) is -1.83. The van der Waals surface area contributed by atoms with E-state index >= 15 is 0 Å². The summed E-state index contributed by atoms with van der Waals surface area (Å²) in [6, 6.07) is 0. The lowest BCUT2D eigenvalue weighted by molar-refractivity contribution is -0.171. The summed E-state index contributed by atoms with van der Waals surface area (Å²) in [6.45, 7) is 4.47. The normalized spacial score (nSPS) is 13.4. The Morgan fingerprint density at radius 1 is 1.16 bits per heavy atom. The molecular weight excluding hydrogens is 248 g/mol. The Labute approximate surface area is 113 Å². The Hall–Kier alpha value is -1.52. The van der Waals surface area contributed by atoms with E-state index in [0.717, 1.165) is 19.3 Å². The van der Waals surface area contributed by atoms with Gasteiger partial charge in [-0.15, -0.1) is 0 Å². The van der Waals surface area contributed by atoms with Crippen molar-refractivity contribution in [1.82, 2.24) is 0 Å². The van der Waals surface area contributed by atoms with E-state index in [1.165, 1.54) is 13.8 Å².